The van der Waals surface area contributed by atoms with Crippen molar-refractivity contribution in [1.29, 1.82) is 0 Å². The minimum atomic E-state index is -0.878. The van der Waals surface area contributed by atoms with Crippen LogP contribution in [-0.4, -0.2) is 29.8 Å². The number of aliphatic hydroxyl groups excluding tert-OH is 1. The van der Waals surface area contributed by atoms with Crippen LogP contribution in [0.15, 0.2) is 42.9 Å². The molecule has 0 spiro atoms. The Morgan fingerprint density at radius 1 is 1.03 bits per heavy atom. The van der Waals surface area contributed by atoms with Crippen molar-refractivity contribution in [2.45, 2.75) is 40.3 Å². The van der Waals surface area contributed by atoms with Crippen LogP contribution in [0.25, 0.3) is 17.1 Å². The number of pyridine rings is 1. The summed E-state index contributed by atoms with van der Waals surface area (Å²) >= 11 is 0. The van der Waals surface area contributed by atoms with E-state index in [4.69, 9.17) is 0 Å². The first-order chi connectivity index (χ1) is 15.8. The van der Waals surface area contributed by atoms with Crippen LogP contribution in [0.5, 0.6) is 0 Å². The number of aromatic nitrogens is 5. The van der Waals surface area contributed by atoms with Crippen molar-refractivity contribution in [1.82, 2.24) is 24.7 Å². The number of rotatable bonds is 6. The number of imidazole rings is 1. The van der Waals surface area contributed by atoms with Crippen molar-refractivity contribution in [2.75, 3.05) is 5.32 Å². The average molecular weight is 450 g/mol. The SMILES string of the molecule is Cc1cn(-c2ccc(-c3cc(C)c(N[C@@H](C)c4cc(C)c(F)c(F)c4)nn3)nc2CO)cn1. The molecule has 0 saturated heterocycles. The van der Waals surface area contributed by atoms with E-state index in [2.05, 4.69) is 25.5 Å². The Kier molecular flexibility index (Phi) is 6.15. The molecule has 0 radical (unpaired) electrons. The van der Waals surface area contributed by atoms with Gasteiger partial charge < -0.3 is 15.0 Å². The van der Waals surface area contributed by atoms with Crippen molar-refractivity contribution in [3.8, 4) is 17.1 Å². The number of aryl methyl sites for hydroxylation is 3. The Labute approximate surface area is 190 Å². The van der Waals surface area contributed by atoms with Crippen LogP contribution in [0.4, 0.5) is 14.6 Å². The minimum absolute atomic E-state index is 0.238. The maximum absolute atomic E-state index is 13.8. The number of nitrogens with one attached hydrogen (secondary N) is 1. The molecular weight excluding hydrogens is 426 g/mol. The molecule has 9 heteroatoms. The monoisotopic (exact) mass is 450 g/mol. The van der Waals surface area contributed by atoms with E-state index in [1.165, 1.54) is 13.0 Å². The summed E-state index contributed by atoms with van der Waals surface area (Å²) in [5, 5.41) is 21.6. The molecule has 0 fully saturated rings. The van der Waals surface area contributed by atoms with E-state index >= 15 is 0 Å². The zero-order valence-electron chi connectivity index (χ0n) is 18.8. The molecule has 0 saturated carbocycles. The first-order valence-corrected chi connectivity index (χ1v) is 10.5. The van der Waals surface area contributed by atoms with Crippen LogP contribution in [0.1, 0.15) is 41.0 Å². The van der Waals surface area contributed by atoms with Gasteiger partial charge in [0.2, 0.25) is 0 Å². The molecule has 0 unspecified atom stereocenters. The second-order valence-electron chi connectivity index (χ2n) is 8.00. The van der Waals surface area contributed by atoms with Gasteiger partial charge in [-0.15, -0.1) is 10.2 Å². The summed E-state index contributed by atoms with van der Waals surface area (Å²) in [6.45, 7) is 6.89. The molecule has 7 nitrogen and oxygen atoms in total. The summed E-state index contributed by atoms with van der Waals surface area (Å²) in [6, 6.07) is 7.98. The third kappa shape index (κ3) is 4.58. The van der Waals surface area contributed by atoms with Crippen LogP contribution < -0.4 is 5.32 Å². The molecule has 0 aliphatic carbocycles. The molecule has 1 aromatic carbocycles. The van der Waals surface area contributed by atoms with Crippen molar-refractivity contribution >= 4 is 5.82 Å². The minimum Gasteiger partial charge on any atom is -0.390 e. The van der Waals surface area contributed by atoms with Gasteiger partial charge in [-0.25, -0.2) is 18.7 Å². The fourth-order valence-corrected chi connectivity index (χ4v) is 3.59. The molecule has 2 N–H and O–H groups in total. The molecule has 170 valence electrons. The highest BCUT2D eigenvalue weighted by molar-refractivity contribution is 5.60. The van der Waals surface area contributed by atoms with E-state index in [1.54, 1.807) is 12.4 Å². The number of nitrogens with zero attached hydrogens (tertiary/aromatic N) is 5. The average Bonchev–Trinajstić information content (AvgIpc) is 3.23. The van der Waals surface area contributed by atoms with Crippen molar-refractivity contribution in [3.05, 3.63) is 82.6 Å². The summed E-state index contributed by atoms with van der Waals surface area (Å²) in [5.74, 6) is -1.19. The summed E-state index contributed by atoms with van der Waals surface area (Å²) in [5.41, 5.74) is 4.89. The lowest BCUT2D eigenvalue weighted by Gasteiger charge is -2.17. The Morgan fingerprint density at radius 3 is 2.45 bits per heavy atom. The summed E-state index contributed by atoms with van der Waals surface area (Å²) in [4.78, 5) is 8.77. The predicted molar refractivity (Wildman–Crippen MR) is 121 cm³/mol. The third-order valence-corrected chi connectivity index (χ3v) is 5.42. The summed E-state index contributed by atoms with van der Waals surface area (Å²) in [6.07, 6.45) is 3.53. The summed E-state index contributed by atoms with van der Waals surface area (Å²) in [7, 11) is 0. The van der Waals surface area contributed by atoms with E-state index in [-0.39, 0.29) is 18.2 Å². The lowest BCUT2D eigenvalue weighted by Crippen LogP contribution is -2.11. The molecule has 3 aromatic heterocycles. The zero-order chi connectivity index (χ0) is 23.7. The number of hydrogen-bond donors (Lipinski definition) is 2. The van der Waals surface area contributed by atoms with E-state index in [0.29, 0.717) is 28.5 Å². The van der Waals surface area contributed by atoms with Crippen LogP contribution in [0.3, 0.4) is 0 Å². The highest BCUT2D eigenvalue weighted by Crippen LogP contribution is 2.26. The highest BCUT2D eigenvalue weighted by atomic mass is 19.2. The fraction of sp³-hybridized carbons (Fsp3) is 0.250. The number of anilines is 1. The number of aliphatic hydroxyl groups is 1. The quantitative estimate of drug-likeness (QED) is 0.447. The Morgan fingerprint density at radius 2 is 1.82 bits per heavy atom. The van der Waals surface area contributed by atoms with Gasteiger partial charge in [0.25, 0.3) is 0 Å². The first kappa shape index (κ1) is 22.5. The second kappa shape index (κ2) is 9.03. The van der Waals surface area contributed by atoms with Crippen LogP contribution in [-0.2, 0) is 6.61 Å². The highest BCUT2D eigenvalue weighted by Gasteiger charge is 2.15. The van der Waals surface area contributed by atoms with Gasteiger partial charge in [-0.05, 0) is 68.7 Å². The lowest BCUT2D eigenvalue weighted by molar-refractivity contribution is 0.276. The van der Waals surface area contributed by atoms with Gasteiger partial charge in [0.05, 0.1) is 41.7 Å². The van der Waals surface area contributed by atoms with Gasteiger partial charge >= 0.3 is 0 Å². The van der Waals surface area contributed by atoms with Crippen LogP contribution in [0, 0.1) is 32.4 Å². The van der Waals surface area contributed by atoms with E-state index < -0.39 is 11.6 Å². The number of benzene rings is 1. The molecular formula is C24H24F2N6O. The van der Waals surface area contributed by atoms with E-state index in [1.807, 2.05) is 49.7 Å². The van der Waals surface area contributed by atoms with Crippen LogP contribution >= 0.6 is 0 Å². The van der Waals surface area contributed by atoms with Gasteiger partial charge in [-0.2, -0.15) is 0 Å². The molecule has 4 rings (SSSR count). The zero-order valence-corrected chi connectivity index (χ0v) is 18.8. The first-order valence-electron chi connectivity index (χ1n) is 10.5. The summed E-state index contributed by atoms with van der Waals surface area (Å²) < 4.78 is 29.2. The van der Waals surface area contributed by atoms with Crippen molar-refractivity contribution in [3.63, 3.8) is 0 Å². The Balaban J connectivity index is 1.59. The predicted octanol–water partition coefficient (Wildman–Crippen LogP) is 4.59. The largest absolute Gasteiger partial charge is 0.390 e. The Hall–Kier alpha value is -3.72. The van der Waals surface area contributed by atoms with E-state index in [9.17, 15) is 13.9 Å². The van der Waals surface area contributed by atoms with Crippen LogP contribution in [0.2, 0.25) is 0 Å². The normalized spacial score (nSPS) is 12.1. The van der Waals surface area contributed by atoms with Gasteiger partial charge in [-0.1, -0.05) is 6.07 Å². The van der Waals surface area contributed by atoms with E-state index in [0.717, 1.165) is 16.9 Å². The van der Waals surface area contributed by atoms with Crippen molar-refractivity contribution < 1.29 is 13.9 Å². The van der Waals surface area contributed by atoms with Gasteiger partial charge in [-0.3, -0.25) is 0 Å². The maximum Gasteiger partial charge on any atom is 0.161 e. The number of halogens is 2. The molecule has 3 heterocycles. The lowest BCUT2D eigenvalue weighted by atomic mass is 10.0. The molecule has 1 atom stereocenters. The Bertz CT molecular complexity index is 1300. The van der Waals surface area contributed by atoms with Gasteiger partial charge in [0.15, 0.2) is 17.5 Å². The van der Waals surface area contributed by atoms with Gasteiger partial charge in [0, 0.05) is 6.20 Å². The third-order valence-electron chi connectivity index (χ3n) is 5.42. The molecule has 0 aliphatic rings. The van der Waals surface area contributed by atoms with Gasteiger partial charge in [0.1, 0.15) is 5.69 Å². The smallest absolute Gasteiger partial charge is 0.161 e. The topological polar surface area (TPSA) is 88.8 Å². The maximum atomic E-state index is 13.8. The number of hydrogen-bond acceptors (Lipinski definition) is 6. The fourth-order valence-electron chi connectivity index (χ4n) is 3.59. The standard InChI is InChI=1S/C24H24F2N6O/c1-13-7-17(9-18(25)23(13)26)16(4)28-24-14(2)8-20(30-31-24)19-5-6-22(21(11-33)29-19)32-10-15(3)27-12-32/h5-10,12,16,33H,11H2,1-4H3,(H,28,31)/t16-/m0/s1. The molecule has 0 amide bonds. The molecule has 0 bridgehead atoms. The molecule has 4 aromatic rings. The van der Waals surface area contributed by atoms with Crippen molar-refractivity contribution in [2.24, 2.45) is 0 Å². The molecule has 33 heavy (non-hydrogen) atoms. The second-order valence-corrected chi connectivity index (χ2v) is 8.00. The molecule has 0 aliphatic heterocycles.